The molecule has 0 saturated carbocycles. The largest absolute Gasteiger partial charge is 0.326 e. The molecule has 0 aliphatic heterocycles. The maximum atomic E-state index is 11.7. The molecule has 1 heterocycles. The summed E-state index contributed by atoms with van der Waals surface area (Å²) in [6.45, 7) is 5.64. The van der Waals surface area contributed by atoms with Crippen LogP contribution in [0.4, 0.5) is 5.69 Å². The Hall–Kier alpha value is -2.17. The van der Waals surface area contributed by atoms with Crippen molar-refractivity contribution in [1.29, 1.82) is 0 Å². The Kier molecular flexibility index (Phi) is 3.64. The summed E-state index contributed by atoms with van der Waals surface area (Å²) in [7, 11) is 1.92. The van der Waals surface area contributed by atoms with Crippen molar-refractivity contribution in [2.24, 2.45) is 13.0 Å². The highest BCUT2D eigenvalue weighted by atomic mass is 16.1. The summed E-state index contributed by atoms with van der Waals surface area (Å²) in [5.74, 6) is 1.61. The van der Waals surface area contributed by atoms with Gasteiger partial charge in [-0.3, -0.25) is 4.79 Å². The van der Waals surface area contributed by atoms with Gasteiger partial charge >= 0.3 is 0 Å². The van der Waals surface area contributed by atoms with Crippen molar-refractivity contribution in [2.75, 3.05) is 5.32 Å². The third-order valence-corrected chi connectivity index (χ3v) is 3.01. The van der Waals surface area contributed by atoms with Gasteiger partial charge in [0.15, 0.2) is 5.82 Å². The van der Waals surface area contributed by atoms with Gasteiger partial charge in [0, 0.05) is 24.2 Å². The molecule has 0 radical (unpaired) electrons. The number of rotatable bonds is 3. The molecule has 0 aliphatic rings. The summed E-state index contributed by atoms with van der Waals surface area (Å²) in [6, 6.07) is 7.63. The number of nitrogens with zero attached hydrogens (tertiary/aromatic N) is 3. The van der Waals surface area contributed by atoms with E-state index < -0.39 is 0 Å². The first-order chi connectivity index (χ1) is 8.99. The van der Waals surface area contributed by atoms with E-state index in [0.717, 1.165) is 22.9 Å². The minimum Gasteiger partial charge on any atom is -0.326 e. The molecule has 1 N–H and O–H groups in total. The van der Waals surface area contributed by atoms with E-state index in [1.54, 1.807) is 0 Å². The van der Waals surface area contributed by atoms with Crippen LogP contribution in [-0.2, 0) is 11.8 Å². The van der Waals surface area contributed by atoms with Crippen LogP contribution in [0, 0.1) is 12.8 Å². The zero-order valence-corrected chi connectivity index (χ0v) is 11.6. The maximum Gasteiger partial charge on any atom is 0.226 e. The Morgan fingerprint density at radius 2 is 2.05 bits per heavy atom. The van der Waals surface area contributed by atoms with Crippen molar-refractivity contribution in [3.8, 4) is 11.4 Å². The molecule has 1 aromatic heterocycles. The van der Waals surface area contributed by atoms with Gasteiger partial charge in [-0.05, 0) is 19.1 Å². The topological polar surface area (TPSA) is 59.8 Å². The molecule has 0 saturated heterocycles. The molecule has 0 spiro atoms. The lowest BCUT2D eigenvalue weighted by atomic mass is 10.1. The van der Waals surface area contributed by atoms with E-state index in [9.17, 15) is 4.79 Å². The third-order valence-electron chi connectivity index (χ3n) is 3.01. The number of aromatic nitrogens is 3. The Morgan fingerprint density at radius 1 is 1.32 bits per heavy atom. The zero-order valence-electron chi connectivity index (χ0n) is 11.6. The highest BCUT2D eigenvalue weighted by molar-refractivity contribution is 5.92. The Morgan fingerprint density at radius 3 is 2.63 bits per heavy atom. The van der Waals surface area contributed by atoms with Crippen LogP contribution in [0.25, 0.3) is 11.4 Å². The second kappa shape index (κ2) is 5.22. The van der Waals surface area contributed by atoms with E-state index in [1.165, 1.54) is 0 Å². The molecule has 0 bridgehead atoms. The van der Waals surface area contributed by atoms with Crippen LogP contribution in [-0.4, -0.2) is 20.7 Å². The van der Waals surface area contributed by atoms with Crippen LogP contribution >= 0.6 is 0 Å². The smallest absolute Gasteiger partial charge is 0.226 e. The summed E-state index contributed by atoms with van der Waals surface area (Å²) in [5, 5.41) is 11.1. The summed E-state index contributed by atoms with van der Waals surface area (Å²) in [5.41, 5.74) is 1.71. The van der Waals surface area contributed by atoms with Crippen LogP contribution < -0.4 is 5.32 Å². The van der Waals surface area contributed by atoms with Crippen molar-refractivity contribution in [1.82, 2.24) is 14.8 Å². The van der Waals surface area contributed by atoms with Crippen LogP contribution in [0.15, 0.2) is 24.3 Å². The average Bonchev–Trinajstić information content (AvgIpc) is 2.70. The lowest BCUT2D eigenvalue weighted by molar-refractivity contribution is -0.118. The molecule has 100 valence electrons. The molecule has 1 amide bonds. The zero-order chi connectivity index (χ0) is 14.0. The number of benzene rings is 1. The number of hydrogen-bond donors (Lipinski definition) is 1. The first-order valence-corrected chi connectivity index (χ1v) is 6.26. The number of nitrogens with one attached hydrogen (secondary N) is 1. The number of aryl methyl sites for hydroxylation is 1. The summed E-state index contributed by atoms with van der Waals surface area (Å²) < 4.78 is 1.92. The predicted molar refractivity (Wildman–Crippen MR) is 74.6 cm³/mol. The van der Waals surface area contributed by atoms with E-state index in [2.05, 4.69) is 15.5 Å². The standard InChI is InChI=1S/C14H18N4O/c1-9(2)14(19)15-12-7-5-6-11(8-12)13-17-16-10(3)18(13)4/h5-9H,1-4H3,(H,15,19). The number of carbonyl (C=O) groups excluding carboxylic acids is 1. The molecule has 2 aromatic rings. The monoisotopic (exact) mass is 258 g/mol. The van der Waals surface area contributed by atoms with Crippen LogP contribution in [0.2, 0.25) is 0 Å². The Bertz CT molecular complexity index is 601. The van der Waals surface area contributed by atoms with E-state index in [1.807, 2.05) is 56.7 Å². The summed E-state index contributed by atoms with van der Waals surface area (Å²) in [6.07, 6.45) is 0. The van der Waals surface area contributed by atoms with Gasteiger partial charge in [0.2, 0.25) is 5.91 Å². The molecule has 0 aliphatic carbocycles. The fraction of sp³-hybridized carbons (Fsp3) is 0.357. The highest BCUT2D eigenvalue weighted by Gasteiger charge is 2.10. The summed E-state index contributed by atoms with van der Waals surface area (Å²) >= 11 is 0. The Balaban J connectivity index is 2.29. The number of hydrogen-bond acceptors (Lipinski definition) is 3. The molecular formula is C14H18N4O. The number of anilines is 1. The molecule has 0 atom stereocenters. The van der Waals surface area contributed by atoms with Gasteiger partial charge in [-0.1, -0.05) is 26.0 Å². The normalized spacial score (nSPS) is 10.8. The highest BCUT2D eigenvalue weighted by Crippen LogP contribution is 2.21. The van der Waals surface area contributed by atoms with Gasteiger partial charge < -0.3 is 9.88 Å². The predicted octanol–water partition coefficient (Wildman–Crippen LogP) is 2.39. The minimum absolute atomic E-state index is 0.00583. The lowest BCUT2D eigenvalue weighted by Gasteiger charge is -2.09. The van der Waals surface area contributed by atoms with Crippen LogP contribution in [0.5, 0.6) is 0 Å². The van der Waals surface area contributed by atoms with Crippen molar-refractivity contribution in [2.45, 2.75) is 20.8 Å². The third kappa shape index (κ3) is 2.81. The van der Waals surface area contributed by atoms with Gasteiger partial charge in [-0.15, -0.1) is 10.2 Å². The van der Waals surface area contributed by atoms with Crippen molar-refractivity contribution in [3.05, 3.63) is 30.1 Å². The minimum atomic E-state index is -0.0410. The second-order valence-corrected chi connectivity index (χ2v) is 4.85. The van der Waals surface area contributed by atoms with Crippen LogP contribution in [0.1, 0.15) is 19.7 Å². The quantitative estimate of drug-likeness (QED) is 0.919. The average molecular weight is 258 g/mol. The molecule has 2 rings (SSSR count). The molecule has 1 aromatic carbocycles. The molecule has 5 heteroatoms. The molecule has 5 nitrogen and oxygen atoms in total. The summed E-state index contributed by atoms with van der Waals surface area (Å²) in [4.78, 5) is 11.7. The van der Waals surface area contributed by atoms with Gasteiger partial charge in [0.25, 0.3) is 0 Å². The Labute approximate surface area is 112 Å². The van der Waals surface area contributed by atoms with E-state index in [4.69, 9.17) is 0 Å². The van der Waals surface area contributed by atoms with Gasteiger partial charge in [-0.25, -0.2) is 0 Å². The lowest BCUT2D eigenvalue weighted by Crippen LogP contribution is -2.17. The molecular weight excluding hydrogens is 240 g/mol. The van der Waals surface area contributed by atoms with Gasteiger partial charge in [0.05, 0.1) is 0 Å². The molecule has 0 fully saturated rings. The second-order valence-electron chi connectivity index (χ2n) is 4.85. The van der Waals surface area contributed by atoms with Crippen LogP contribution in [0.3, 0.4) is 0 Å². The SMILES string of the molecule is Cc1nnc(-c2cccc(NC(=O)C(C)C)c2)n1C. The van der Waals surface area contributed by atoms with E-state index in [-0.39, 0.29) is 11.8 Å². The molecule has 19 heavy (non-hydrogen) atoms. The fourth-order valence-electron chi connectivity index (χ4n) is 1.68. The fourth-order valence-corrected chi connectivity index (χ4v) is 1.68. The number of amides is 1. The van der Waals surface area contributed by atoms with Crippen molar-refractivity contribution >= 4 is 11.6 Å². The van der Waals surface area contributed by atoms with E-state index >= 15 is 0 Å². The molecule has 0 unspecified atom stereocenters. The number of carbonyl (C=O) groups is 1. The maximum absolute atomic E-state index is 11.7. The first kappa shape index (κ1) is 13.3. The first-order valence-electron chi connectivity index (χ1n) is 6.26. The van der Waals surface area contributed by atoms with E-state index in [0.29, 0.717) is 0 Å². The van der Waals surface area contributed by atoms with Gasteiger partial charge in [0.1, 0.15) is 5.82 Å². The van der Waals surface area contributed by atoms with Crippen molar-refractivity contribution < 1.29 is 4.79 Å². The van der Waals surface area contributed by atoms with Crippen molar-refractivity contribution in [3.63, 3.8) is 0 Å². The van der Waals surface area contributed by atoms with Gasteiger partial charge in [-0.2, -0.15) is 0 Å².